The van der Waals surface area contributed by atoms with Gasteiger partial charge in [0.2, 0.25) is 0 Å². The maximum absolute atomic E-state index is 14.0. The Hall–Kier alpha value is -2.76. The lowest BCUT2D eigenvalue weighted by atomic mass is 10.3. The molecule has 0 bridgehead atoms. The third kappa shape index (κ3) is 3.06. The highest BCUT2D eigenvalue weighted by Crippen LogP contribution is 2.30. The Balaban J connectivity index is 2.68. The maximum Gasteiger partial charge on any atom is 0.427 e. The number of halogens is 2. The van der Waals surface area contributed by atoms with Crippen LogP contribution in [0.25, 0.3) is 10.4 Å². The Kier molecular flexibility index (Phi) is 4.45. The van der Waals surface area contributed by atoms with E-state index in [4.69, 9.17) is 10.6 Å². The zero-order chi connectivity index (χ0) is 17.2. The predicted octanol–water partition coefficient (Wildman–Crippen LogP) is 3.24. The van der Waals surface area contributed by atoms with Crippen molar-refractivity contribution in [3.8, 4) is 0 Å². The molecule has 2 rings (SSSR count). The van der Waals surface area contributed by atoms with Crippen molar-refractivity contribution >= 4 is 39.0 Å². The van der Waals surface area contributed by atoms with Crippen LogP contribution in [0.1, 0.15) is 0 Å². The van der Waals surface area contributed by atoms with Crippen LogP contribution in [-0.4, -0.2) is 24.6 Å². The van der Waals surface area contributed by atoms with Gasteiger partial charge in [-0.25, -0.2) is 27.0 Å². The van der Waals surface area contributed by atoms with E-state index in [0.29, 0.717) is 12.1 Å². The highest BCUT2D eigenvalue weighted by molar-refractivity contribution is 7.93. The van der Waals surface area contributed by atoms with Gasteiger partial charge in [-0.2, -0.15) is 0 Å². The average Bonchev–Trinajstić information content (AvgIpc) is 2.90. The fraction of sp³-hybridized carbons (Fsp3) is 0. The number of rotatable bonds is 4. The number of hydrogen-bond donors (Lipinski definition) is 1. The zero-order valence-electron chi connectivity index (χ0n) is 10.8. The number of benzene rings is 1. The highest BCUT2D eigenvalue weighted by atomic mass is 32.2. The second-order valence-corrected chi connectivity index (χ2v) is 6.27. The summed E-state index contributed by atoms with van der Waals surface area (Å²) in [6.45, 7) is 0. The first-order chi connectivity index (χ1) is 10.8. The maximum atomic E-state index is 14.0. The van der Waals surface area contributed by atoms with Gasteiger partial charge in [0.25, 0.3) is 10.0 Å². The number of anilines is 1. The number of hydrogen-bond acceptors (Lipinski definition) is 6. The molecule has 0 fully saturated rings. The minimum absolute atomic E-state index is 0.252. The van der Waals surface area contributed by atoms with Gasteiger partial charge >= 0.3 is 6.09 Å². The van der Waals surface area contributed by atoms with E-state index in [1.165, 1.54) is 0 Å². The van der Waals surface area contributed by atoms with Crippen LogP contribution >= 0.6 is 11.3 Å². The number of amides is 1. The van der Waals surface area contributed by atoms with E-state index in [1.54, 1.807) is 0 Å². The number of carboxylic acid groups (broad SMARTS) is 1. The number of sulfonamides is 1. The molecule has 0 saturated heterocycles. The van der Waals surface area contributed by atoms with Gasteiger partial charge in [-0.3, -0.25) is 0 Å². The summed E-state index contributed by atoms with van der Waals surface area (Å²) in [7, 11) is -5.12. The normalized spacial score (nSPS) is 10.9. The van der Waals surface area contributed by atoms with Gasteiger partial charge in [0.1, 0.15) is 11.6 Å². The van der Waals surface area contributed by atoms with Crippen molar-refractivity contribution < 1.29 is 27.1 Å². The topological polar surface area (TPSA) is 136 Å². The van der Waals surface area contributed by atoms with Crippen molar-refractivity contribution in [3.05, 3.63) is 45.1 Å². The molecule has 120 valence electrons. The molecular weight excluding hydrogens is 356 g/mol. The van der Waals surface area contributed by atoms with Gasteiger partial charge in [-0.15, -0.1) is 15.6 Å². The van der Waals surface area contributed by atoms with E-state index in [2.05, 4.69) is 15.0 Å². The van der Waals surface area contributed by atoms with Gasteiger partial charge < -0.3 is 5.11 Å². The summed E-state index contributed by atoms with van der Waals surface area (Å²) < 4.78 is 52.3. The fourth-order valence-corrected chi connectivity index (χ4v) is 3.55. The van der Waals surface area contributed by atoms with Crippen molar-refractivity contribution in [2.45, 2.75) is 4.90 Å². The van der Waals surface area contributed by atoms with Crippen molar-refractivity contribution in [2.24, 2.45) is 5.11 Å². The van der Waals surface area contributed by atoms with E-state index in [9.17, 15) is 22.0 Å². The van der Waals surface area contributed by atoms with Crippen LogP contribution in [0.5, 0.6) is 0 Å². The Morgan fingerprint density at radius 1 is 1.39 bits per heavy atom. The van der Waals surface area contributed by atoms with Crippen LogP contribution in [0, 0.1) is 11.6 Å². The van der Waals surface area contributed by atoms with E-state index < -0.39 is 44.2 Å². The second kappa shape index (κ2) is 6.16. The summed E-state index contributed by atoms with van der Waals surface area (Å²) in [6, 6.07) is 0.938. The molecule has 23 heavy (non-hydrogen) atoms. The quantitative estimate of drug-likeness (QED) is 0.506. The molecule has 0 aliphatic carbocycles. The molecule has 0 unspecified atom stereocenters. The molecule has 1 amide bonds. The molecule has 2 aromatic rings. The lowest BCUT2D eigenvalue weighted by Gasteiger charge is -2.17. The average molecular weight is 361 g/mol. The molecule has 0 aliphatic heterocycles. The third-order valence-electron chi connectivity index (χ3n) is 2.44. The van der Waals surface area contributed by atoms with Crippen molar-refractivity contribution in [3.63, 3.8) is 0 Å². The first kappa shape index (κ1) is 16.6. The molecule has 9 nitrogen and oxygen atoms in total. The van der Waals surface area contributed by atoms with Gasteiger partial charge in [0, 0.05) is 16.0 Å². The number of nitrogens with zero attached hydrogens (tertiary/aromatic N) is 5. The Morgan fingerprint density at radius 2 is 2.00 bits per heavy atom. The van der Waals surface area contributed by atoms with E-state index in [1.807, 2.05) is 0 Å². The van der Waals surface area contributed by atoms with Crippen molar-refractivity contribution in [1.29, 1.82) is 0 Å². The minimum atomic E-state index is -5.12. The summed E-state index contributed by atoms with van der Waals surface area (Å²) in [5.41, 5.74) is 8.87. The van der Waals surface area contributed by atoms with Crippen molar-refractivity contribution in [1.82, 2.24) is 4.98 Å². The molecule has 1 aromatic carbocycles. The molecule has 1 heterocycles. The van der Waals surface area contributed by atoms with Crippen LogP contribution in [0.2, 0.25) is 0 Å². The van der Waals surface area contributed by atoms with E-state index >= 15 is 0 Å². The Bertz CT molecular complexity index is 886. The Labute approximate surface area is 131 Å². The van der Waals surface area contributed by atoms with Crippen LogP contribution in [0.3, 0.4) is 0 Å². The van der Waals surface area contributed by atoms with Crippen LogP contribution in [-0.2, 0) is 10.0 Å². The lowest BCUT2D eigenvalue weighted by Crippen LogP contribution is -2.37. The summed E-state index contributed by atoms with van der Waals surface area (Å²) in [6.07, 6.45) is -1.99. The number of aromatic nitrogens is 1. The largest absolute Gasteiger partial charge is 0.464 e. The number of thiazole rings is 1. The van der Waals surface area contributed by atoms with Gasteiger partial charge in [0.05, 0.1) is 5.51 Å². The lowest BCUT2D eigenvalue weighted by molar-refractivity contribution is 0.206. The molecule has 0 atom stereocenters. The first-order valence-corrected chi connectivity index (χ1v) is 7.88. The molecular formula is C10H5F2N5O4S2. The highest BCUT2D eigenvalue weighted by Gasteiger charge is 2.37. The first-order valence-electron chi connectivity index (χ1n) is 5.49. The molecule has 0 saturated carbocycles. The third-order valence-corrected chi connectivity index (χ3v) is 4.75. The molecule has 0 radical (unpaired) electrons. The predicted molar refractivity (Wildman–Crippen MR) is 75.0 cm³/mol. The number of azide groups is 1. The van der Waals surface area contributed by atoms with E-state index in [0.717, 1.165) is 22.2 Å². The molecule has 13 heteroatoms. The molecule has 1 aromatic heterocycles. The van der Waals surface area contributed by atoms with Crippen LogP contribution < -0.4 is 4.31 Å². The zero-order valence-corrected chi connectivity index (χ0v) is 12.4. The SMILES string of the molecule is [N-]=[N+]=Nc1cc(F)c(S(=O)(=O)N(C(=O)O)c2cscn2)c(F)c1. The van der Waals surface area contributed by atoms with Crippen molar-refractivity contribution in [2.75, 3.05) is 4.31 Å². The number of carbonyl (C=O) groups is 1. The smallest absolute Gasteiger partial charge is 0.427 e. The summed E-state index contributed by atoms with van der Waals surface area (Å²) in [5, 5.41) is 13.1. The minimum Gasteiger partial charge on any atom is -0.464 e. The van der Waals surface area contributed by atoms with Gasteiger partial charge in [-0.1, -0.05) is 5.11 Å². The summed E-state index contributed by atoms with van der Waals surface area (Å²) in [5.74, 6) is -3.73. The standard InChI is InChI=1S/C10H5F2N5O4S2/c11-6-1-5(15-16-13)2-7(12)9(6)23(20,21)17(10(18)19)8-3-22-4-14-8/h1-4H,(H,18,19). The summed E-state index contributed by atoms with van der Waals surface area (Å²) in [4.78, 5) is 15.5. The molecule has 0 aliphatic rings. The van der Waals surface area contributed by atoms with Gasteiger partial charge in [0.15, 0.2) is 10.7 Å². The monoisotopic (exact) mass is 361 g/mol. The summed E-state index contributed by atoms with van der Waals surface area (Å²) >= 11 is 0.891. The fourth-order valence-electron chi connectivity index (χ4n) is 1.62. The molecule has 1 N–H and O–H groups in total. The molecule has 0 spiro atoms. The van der Waals surface area contributed by atoms with Crippen LogP contribution in [0.15, 0.2) is 33.0 Å². The van der Waals surface area contributed by atoms with Gasteiger partial charge in [-0.05, 0) is 17.7 Å². The van der Waals surface area contributed by atoms with E-state index in [-0.39, 0.29) is 4.31 Å². The van der Waals surface area contributed by atoms with Crippen LogP contribution in [0.4, 0.5) is 25.1 Å². The second-order valence-electron chi connectivity index (χ2n) is 3.83. The Morgan fingerprint density at radius 3 is 2.43 bits per heavy atom.